The first kappa shape index (κ1) is 16.0. The van der Waals surface area contributed by atoms with E-state index in [1.165, 1.54) is 29.3 Å². The molecule has 3 heteroatoms. The summed E-state index contributed by atoms with van der Waals surface area (Å²) >= 11 is 3.61. The van der Waals surface area contributed by atoms with Crippen molar-refractivity contribution < 1.29 is 5.11 Å². The van der Waals surface area contributed by atoms with Crippen LogP contribution >= 0.6 is 15.9 Å². The molecule has 112 valence electrons. The first-order valence-electron chi connectivity index (χ1n) is 7.70. The Morgan fingerprint density at radius 1 is 1.30 bits per heavy atom. The second-order valence-electron chi connectivity index (χ2n) is 6.20. The molecule has 1 aromatic rings. The minimum absolute atomic E-state index is 0.112. The molecule has 0 heterocycles. The second-order valence-corrected chi connectivity index (χ2v) is 7.06. The van der Waals surface area contributed by atoms with Crippen molar-refractivity contribution in [3.05, 3.63) is 34.3 Å². The van der Waals surface area contributed by atoms with Crippen molar-refractivity contribution in [2.24, 2.45) is 11.8 Å². The molecule has 0 aromatic heterocycles. The van der Waals surface area contributed by atoms with Gasteiger partial charge in [0, 0.05) is 17.6 Å². The Bertz CT molecular complexity index is 423. The Kier molecular flexibility index (Phi) is 6.06. The van der Waals surface area contributed by atoms with Gasteiger partial charge in [0.05, 0.1) is 6.10 Å². The quantitative estimate of drug-likeness (QED) is 0.873. The van der Waals surface area contributed by atoms with Gasteiger partial charge in [-0.25, -0.2) is 0 Å². The summed E-state index contributed by atoms with van der Waals surface area (Å²) in [6.07, 6.45) is 4.49. The molecule has 0 spiro atoms. The van der Waals surface area contributed by atoms with E-state index in [-0.39, 0.29) is 6.10 Å². The maximum atomic E-state index is 10.2. The van der Waals surface area contributed by atoms with Gasteiger partial charge in [0.1, 0.15) is 0 Å². The molecule has 1 fully saturated rings. The van der Waals surface area contributed by atoms with Gasteiger partial charge in [-0.15, -0.1) is 0 Å². The predicted molar refractivity (Wildman–Crippen MR) is 87.6 cm³/mol. The zero-order chi connectivity index (χ0) is 14.5. The number of aliphatic hydroxyl groups excluding tert-OH is 1. The molecule has 2 nitrogen and oxygen atoms in total. The molecule has 0 amide bonds. The van der Waals surface area contributed by atoms with Crippen LogP contribution in [0.25, 0.3) is 0 Å². The lowest BCUT2D eigenvalue weighted by atomic mass is 9.78. The van der Waals surface area contributed by atoms with Crippen LogP contribution in [0.3, 0.4) is 0 Å². The molecule has 1 aliphatic rings. The topological polar surface area (TPSA) is 23.5 Å². The van der Waals surface area contributed by atoms with E-state index >= 15 is 0 Å². The fourth-order valence-corrected chi connectivity index (χ4v) is 3.70. The number of nitrogens with zero attached hydrogens (tertiary/aromatic N) is 1. The second kappa shape index (κ2) is 7.58. The lowest BCUT2D eigenvalue weighted by Crippen LogP contribution is -2.37. The zero-order valence-corrected chi connectivity index (χ0v) is 14.1. The van der Waals surface area contributed by atoms with Crippen molar-refractivity contribution in [2.45, 2.75) is 45.3 Å². The lowest BCUT2D eigenvalue weighted by Gasteiger charge is -2.35. The summed E-state index contributed by atoms with van der Waals surface area (Å²) in [6.45, 7) is 4.19. The van der Waals surface area contributed by atoms with Crippen molar-refractivity contribution in [3.63, 3.8) is 0 Å². The molecule has 20 heavy (non-hydrogen) atoms. The molecule has 0 aliphatic heterocycles. The van der Waals surface area contributed by atoms with Gasteiger partial charge in [-0.05, 0) is 49.8 Å². The Morgan fingerprint density at radius 2 is 2.05 bits per heavy atom. The monoisotopic (exact) mass is 339 g/mol. The number of rotatable bonds is 5. The highest BCUT2D eigenvalue weighted by molar-refractivity contribution is 9.10. The smallest absolute Gasteiger partial charge is 0.0580 e. The van der Waals surface area contributed by atoms with Crippen molar-refractivity contribution in [2.75, 3.05) is 13.6 Å². The van der Waals surface area contributed by atoms with Gasteiger partial charge in [-0.2, -0.15) is 0 Å². The number of halogens is 1. The normalized spacial score (nSPS) is 26.9. The first-order valence-corrected chi connectivity index (χ1v) is 8.49. The average Bonchev–Trinajstić information content (AvgIpc) is 2.44. The van der Waals surface area contributed by atoms with E-state index in [0.717, 1.165) is 25.4 Å². The van der Waals surface area contributed by atoms with Gasteiger partial charge in [-0.3, -0.25) is 0 Å². The molecular formula is C17H26BrNO. The number of hydrogen-bond donors (Lipinski definition) is 1. The van der Waals surface area contributed by atoms with Gasteiger partial charge in [-0.1, -0.05) is 47.5 Å². The highest BCUT2D eigenvalue weighted by Gasteiger charge is 2.29. The average molecular weight is 340 g/mol. The minimum atomic E-state index is -0.112. The van der Waals surface area contributed by atoms with E-state index in [9.17, 15) is 5.11 Å². The van der Waals surface area contributed by atoms with E-state index < -0.39 is 0 Å². The van der Waals surface area contributed by atoms with E-state index in [4.69, 9.17) is 0 Å². The fraction of sp³-hybridized carbons (Fsp3) is 0.647. The number of aliphatic hydroxyl groups is 1. The molecule has 0 bridgehead atoms. The molecule has 1 N–H and O–H groups in total. The van der Waals surface area contributed by atoms with Crippen LogP contribution < -0.4 is 0 Å². The predicted octanol–water partition coefficient (Wildman–Crippen LogP) is 4.07. The van der Waals surface area contributed by atoms with Crippen molar-refractivity contribution in [1.82, 2.24) is 4.90 Å². The van der Waals surface area contributed by atoms with Crippen LogP contribution in [0.5, 0.6) is 0 Å². The molecule has 2 rings (SSSR count). The van der Waals surface area contributed by atoms with Crippen LogP contribution in [0.4, 0.5) is 0 Å². The van der Waals surface area contributed by atoms with E-state index in [1.807, 2.05) is 6.07 Å². The molecular weight excluding hydrogens is 314 g/mol. The molecule has 1 aromatic carbocycles. The molecule has 3 unspecified atom stereocenters. The minimum Gasteiger partial charge on any atom is -0.393 e. The van der Waals surface area contributed by atoms with Crippen LogP contribution in [0.15, 0.2) is 28.7 Å². The van der Waals surface area contributed by atoms with Gasteiger partial charge < -0.3 is 10.0 Å². The maximum Gasteiger partial charge on any atom is 0.0580 e. The summed E-state index contributed by atoms with van der Waals surface area (Å²) in [5.74, 6) is 1.24. The van der Waals surface area contributed by atoms with E-state index in [1.54, 1.807) is 0 Å². The number of benzene rings is 1. The Labute approximate surface area is 131 Å². The molecule has 1 aliphatic carbocycles. The SMILES string of the molecule is CCC1CCC(O)C(CN(C)Cc2ccccc2Br)C1. The number of hydrogen-bond acceptors (Lipinski definition) is 2. The summed E-state index contributed by atoms with van der Waals surface area (Å²) in [7, 11) is 2.15. The van der Waals surface area contributed by atoms with Crippen molar-refractivity contribution in [1.29, 1.82) is 0 Å². The fourth-order valence-electron chi connectivity index (χ4n) is 3.29. The zero-order valence-electron chi connectivity index (χ0n) is 12.6. The van der Waals surface area contributed by atoms with E-state index in [0.29, 0.717) is 5.92 Å². The van der Waals surface area contributed by atoms with Crippen LogP contribution in [0.1, 0.15) is 38.2 Å². The molecule has 0 radical (unpaired) electrons. The third-order valence-corrected chi connectivity index (χ3v) is 5.35. The van der Waals surface area contributed by atoms with Crippen molar-refractivity contribution in [3.8, 4) is 0 Å². The summed E-state index contributed by atoms with van der Waals surface area (Å²) in [5.41, 5.74) is 1.31. The van der Waals surface area contributed by atoms with Gasteiger partial charge >= 0.3 is 0 Å². The highest BCUT2D eigenvalue weighted by atomic mass is 79.9. The van der Waals surface area contributed by atoms with Crippen LogP contribution in [-0.2, 0) is 6.54 Å². The highest BCUT2D eigenvalue weighted by Crippen LogP contribution is 2.32. The maximum absolute atomic E-state index is 10.2. The third-order valence-electron chi connectivity index (χ3n) is 4.57. The molecule has 3 atom stereocenters. The van der Waals surface area contributed by atoms with Crippen LogP contribution in [0, 0.1) is 11.8 Å². The largest absolute Gasteiger partial charge is 0.393 e. The standard InChI is InChI=1S/C17H26BrNO/c1-3-13-8-9-17(20)15(10-13)12-19(2)11-14-6-4-5-7-16(14)18/h4-7,13,15,17,20H,3,8-12H2,1-2H3. The van der Waals surface area contributed by atoms with Gasteiger partial charge in [0.15, 0.2) is 0 Å². The lowest BCUT2D eigenvalue weighted by molar-refractivity contribution is 0.0298. The summed E-state index contributed by atoms with van der Waals surface area (Å²) in [5, 5.41) is 10.2. The summed E-state index contributed by atoms with van der Waals surface area (Å²) < 4.78 is 1.17. The van der Waals surface area contributed by atoms with Gasteiger partial charge in [0.2, 0.25) is 0 Å². The summed E-state index contributed by atoms with van der Waals surface area (Å²) in [6, 6.07) is 8.37. The van der Waals surface area contributed by atoms with Gasteiger partial charge in [0.25, 0.3) is 0 Å². The van der Waals surface area contributed by atoms with Crippen LogP contribution in [0.2, 0.25) is 0 Å². The van der Waals surface area contributed by atoms with E-state index in [2.05, 4.69) is 53.0 Å². The Hall–Kier alpha value is -0.380. The summed E-state index contributed by atoms with van der Waals surface area (Å²) in [4.78, 5) is 2.34. The Morgan fingerprint density at radius 3 is 2.75 bits per heavy atom. The first-order chi connectivity index (χ1) is 9.60. The van der Waals surface area contributed by atoms with Crippen molar-refractivity contribution >= 4 is 15.9 Å². The molecule has 0 saturated heterocycles. The van der Waals surface area contributed by atoms with Crippen LogP contribution in [-0.4, -0.2) is 29.7 Å². The molecule has 1 saturated carbocycles. The third kappa shape index (κ3) is 4.31. The Balaban J connectivity index is 1.90.